The van der Waals surface area contributed by atoms with Crippen molar-refractivity contribution in [1.82, 2.24) is 20.1 Å². The Morgan fingerprint density at radius 2 is 2.22 bits per heavy atom. The molecule has 1 amide bonds. The van der Waals surface area contributed by atoms with Crippen LogP contribution in [-0.2, 0) is 18.3 Å². The lowest BCUT2D eigenvalue weighted by molar-refractivity contribution is -0.121. The molecule has 1 unspecified atom stereocenters. The van der Waals surface area contributed by atoms with Crippen molar-refractivity contribution in [3.05, 3.63) is 34.0 Å². The van der Waals surface area contributed by atoms with Crippen LogP contribution in [0.3, 0.4) is 0 Å². The lowest BCUT2D eigenvalue weighted by atomic mass is 10.0. The molecule has 0 saturated heterocycles. The Balaban J connectivity index is 1.76. The predicted molar refractivity (Wildman–Crippen MR) is 94.9 cm³/mol. The molecule has 3 aromatic rings. The van der Waals surface area contributed by atoms with E-state index in [1.54, 1.807) is 29.0 Å². The number of fused-ring (bicyclic) bond motifs is 1. The third-order valence-electron chi connectivity index (χ3n) is 3.83. The molecule has 122 valence electrons. The summed E-state index contributed by atoms with van der Waals surface area (Å²) in [4.78, 5) is 13.8. The van der Waals surface area contributed by atoms with Crippen LogP contribution in [-0.4, -0.2) is 20.7 Å². The molecule has 1 N–H and O–H groups in total. The second-order valence-corrected chi connectivity index (χ2v) is 8.48. The van der Waals surface area contributed by atoms with Crippen molar-refractivity contribution in [3.8, 4) is 0 Å². The van der Waals surface area contributed by atoms with Gasteiger partial charge < -0.3 is 9.88 Å². The minimum absolute atomic E-state index is 0.0234. The monoisotopic (exact) mass is 348 g/mol. The number of amides is 1. The molecule has 5 nitrogen and oxygen atoms in total. The number of nitrogens with one attached hydrogen (secondary N) is 1. The Labute approximate surface area is 143 Å². The molecule has 0 aliphatic rings. The molecule has 7 heteroatoms. The van der Waals surface area contributed by atoms with Crippen LogP contribution in [0.5, 0.6) is 0 Å². The second kappa shape index (κ2) is 6.41. The molecular formula is C16H20N4OS2. The largest absolute Gasteiger partial charge is 0.346 e. The molecule has 1 atom stereocenters. The first-order valence-electron chi connectivity index (χ1n) is 7.55. The molecule has 0 radical (unpaired) electrons. The fraction of sp³-hybridized carbons (Fsp3) is 0.438. The van der Waals surface area contributed by atoms with Gasteiger partial charge in [0, 0.05) is 17.3 Å². The van der Waals surface area contributed by atoms with Gasteiger partial charge in [-0.15, -0.1) is 32.9 Å². The highest BCUT2D eigenvalue weighted by Crippen LogP contribution is 2.34. The summed E-state index contributed by atoms with van der Waals surface area (Å²) >= 11 is 3.50. The average molecular weight is 348 g/mol. The van der Waals surface area contributed by atoms with Gasteiger partial charge in [-0.2, -0.15) is 0 Å². The van der Waals surface area contributed by atoms with E-state index in [-0.39, 0.29) is 17.9 Å². The number of aryl methyl sites for hydroxylation is 2. The smallest absolute Gasteiger partial charge is 0.225 e. The average Bonchev–Trinajstić information content (AvgIpc) is 3.14. The number of carbonyl (C=O) groups excluding carboxylic acids is 1. The molecule has 3 heterocycles. The fourth-order valence-corrected chi connectivity index (χ4v) is 4.91. The topological polar surface area (TPSA) is 59.8 Å². The van der Waals surface area contributed by atoms with Crippen LogP contribution in [0.4, 0.5) is 0 Å². The van der Waals surface area contributed by atoms with E-state index < -0.39 is 0 Å². The molecule has 0 fully saturated rings. The van der Waals surface area contributed by atoms with Gasteiger partial charge in [0.15, 0.2) is 5.82 Å². The van der Waals surface area contributed by atoms with Gasteiger partial charge in [0.2, 0.25) is 5.91 Å². The predicted octanol–water partition coefficient (Wildman–Crippen LogP) is 3.46. The lowest BCUT2D eigenvalue weighted by Gasteiger charge is -2.21. The normalized spacial score (nSPS) is 12.9. The Kier molecular flexibility index (Phi) is 4.50. The number of rotatable bonds is 5. The number of carbonyl (C=O) groups is 1. The summed E-state index contributed by atoms with van der Waals surface area (Å²) in [6.45, 7) is 6.25. The van der Waals surface area contributed by atoms with E-state index in [2.05, 4.69) is 47.7 Å². The Morgan fingerprint density at radius 1 is 1.43 bits per heavy atom. The molecule has 3 rings (SSSR count). The summed E-state index contributed by atoms with van der Waals surface area (Å²) in [6, 6.07) is 2.04. The number of nitrogens with zero attached hydrogens (tertiary/aromatic N) is 3. The summed E-state index contributed by atoms with van der Waals surface area (Å²) < 4.78 is 3.15. The number of hydrogen-bond acceptors (Lipinski definition) is 5. The van der Waals surface area contributed by atoms with E-state index in [4.69, 9.17) is 0 Å². The van der Waals surface area contributed by atoms with Crippen LogP contribution >= 0.6 is 22.7 Å². The van der Waals surface area contributed by atoms with Crippen LogP contribution in [0.2, 0.25) is 0 Å². The van der Waals surface area contributed by atoms with Crippen LogP contribution < -0.4 is 5.32 Å². The van der Waals surface area contributed by atoms with Crippen molar-refractivity contribution in [2.45, 2.75) is 33.2 Å². The van der Waals surface area contributed by atoms with Gasteiger partial charge in [0.25, 0.3) is 0 Å². The first-order chi connectivity index (χ1) is 11.0. The van der Waals surface area contributed by atoms with Gasteiger partial charge in [0.1, 0.15) is 6.33 Å². The van der Waals surface area contributed by atoms with Crippen LogP contribution in [0.15, 0.2) is 17.8 Å². The van der Waals surface area contributed by atoms with E-state index in [9.17, 15) is 4.79 Å². The van der Waals surface area contributed by atoms with Crippen molar-refractivity contribution < 1.29 is 4.79 Å². The lowest BCUT2D eigenvalue weighted by Crippen LogP contribution is -2.34. The molecule has 0 aliphatic heterocycles. The SMILES string of the molecule is Cc1cc2c(CC(=O)NC(c3nncn3C)C(C)C)csc2s1. The zero-order valence-corrected chi connectivity index (χ0v) is 15.3. The fourth-order valence-electron chi connectivity index (χ4n) is 2.63. The molecular weight excluding hydrogens is 328 g/mol. The van der Waals surface area contributed by atoms with Gasteiger partial charge >= 0.3 is 0 Å². The third-order valence-corrected chi connectivity index (χ3v) is 6.05. The summed E-state index contributed by atoms with van der Waals surface area (Å²) in [7, 11) is 1.90. The minimum atomic E-state index is -0.131. The number of thiophene rings is 2. The molecule has 0 aromatic carbocycles. The Morgan fingerprint density at radius 3 is 2.87 bits per heavy atom. The van der Waals surface area contributed by atoms with Crippen LogP contribution in [0.25, 0.3) is 9.40 Å². The van der Waals surface area contributed by atoms with Crippen LogP contribution in [0, 0.1) is 12.8 Å². The van der Waals surface area contributed by atoms with E-state index in [0.29, 0.717) is 6.42 Å². The molecule has 0 saturated carbocycles. The van der Waals surface area contributed by atoms with Crippen molar-refractivity contribution in [1.29, 1.82) is 0 Å². The van der Waals surface area contributed by atoms with E-state index in [0.717, 1.165) is 11.4 Å². The van der Waals surface area contributed by atoms with E-state index >= 15 is 0 Å². The number of aromatic nitrogens is 3. The van der Waals surface area contributed by atoms with Gasteiger partial charge in [-0.25, -0.2) is 0 Å². The first kappa shape index (κ1) is 16.1. The summed E-state index contributed by atoms with van der Waals surface area (Å²) in [6.07, 6.45) is 2.06. The minimum Gasteiger partial charge on any atom is -0.346 e. The zero-order valence-electron chi connectivity index (χ0n) is 13.7. The highest BCUT2D eigenvalue weighted by atomic mass is 32.2. The standard InChI is InChI=1S/C16H20N4OS2/c1-9(2)14(15-19-17-8-20(15)4)18-13(21)6-11-7-22-16-12(11)5-10(3)23-16/h5,7-9,14H,6H2,1-4H3,(H,18,21). The Hall–Kier alpha value is -1.73. The molecule has 3 aromatic heterocycles. The summed E-state index contributed by atoms with van der Waals surface area (Å²) in [5.41, 5.74) is 1.10. The van der Waals surface area contributed by atoms with Crippen molar-refractivity contribution >= 4 is 38.0 Å². The van der Waals surface area contributed by atoms with E-state index in [1.807, 2.05) is 11.6 Å². The number of hydrogen-bond donors (Lipinski definition) is 1. The molecule has 23 heavy (non-hydrogen) atoms. The third kappa shape index (κ3) is 3.30. The summed E-state index contributed by atoms with van der Waals surface area (Å²) in [5, 5.41) is 14.5. The van der Waals surface area contributed by atoms with Gasteiger partial charge in [-0.3, -0.25) is 4.79 Å². The van der Waals surface area contributed by atoms with Crippen molar-refractivity contribution in [2.24, 2.45) is 13.0 Å². The maximum Gasteiger partial charge on any atom is 0.225 e. The van der Waals surface area contributed by atoms with E-state index in [1.165, 1.54) is 14.3 Å². The van der Waals surface area contributed by atoms with Gasteiger partial charge in [-0.1, -0.05) is 13.8 Å². The maximum atomic E-state index is 12.5. The molecule has 0 bridgehead atoms. The van der Waals surface area contributed by atoms with Crippen molar-refractivity contribution in [3.63, 3.8) is 0 Å². The maximum absolute atomic E-state index is 12.5. The molecule has 0 spiro atoms. The zero-order chi connectivity index (χ0) is 16.6. The first-order valence-corrected chi connectivity index (χ1v) is 9.25. The van der Waals surface area contributed by atoms with Crippen molar-refractivity contribution in [2.75, 3.05) is 0 Å². The highest BCUT2D eigenvalue weighted by Gasteiger charge is 2.23. The van der Waals surface area contributed by atoms with Crippen LogP contribution in [0.1, 0.15) is 36.2 Å². The highest BCUT2D eigenvalue weighted by molar-refractivity contribution is 7.37. The summed E-state index contributed by atoms with van der Waals surface area (Å²) in [5.74, 6) is 1.05. The van der Waals surface area contributed by atoms with Gasteiger partial charge in [-0.05, 0) is 29.9 Å². The second-order valence-electron chi connectivity index (χ2n) is 6.09. The van der Waals surface area contributed by atoms with Gasteiger partial charge in [0.05, 0.1) is 16.5 Å². The Bertz CT molecular complexity index is 830. The molecule has 0 aliphatic carbocycles. The quantitative estimate of drug-likeness (QED) is 0.768.